The van der Waals surface area contributed by atoms with E-state index in [1.807, 2.05) is 11.4 Å². The van der Waals surface area contributed by atoms with Gasteiger partial charge in [0.2, 0.25) is 5.91 Å². The van der Waals surface area contributed by atoms with Crippen LogP contribution in [-0.4, -0.2) is 5.91 Å². The first-order valence-electron chi connectivity index (χ1n) is 5.44. The van der Waals surface area contributed by atoms with E-state index in [9.17, 15) is 9.18 Å². The van der Waals surface area contributed by atoms with E-state index in [1.165, 1.54) is 17.4 Å². The first-order chi connectivity index (χ1) is 8.59. The molecule has 1 aromatic carbocycles. The lowest BCUT2D eigenvalue weighted by molar-refractivity contribution is -0.117. The molecular formula is C13H13FN2OS. The number of aryl methyl sites for hydroxylation is 1. The van der Waals surface area contributed by atoms with Crippen LogP contribution in [0.3, 0.4) is 0 Å². The fraction of sp³-hybridized carbons (Fsp3) is 0.154. The second-order valence-electron chi connectivity index (χ2n) is 3.92. The quantitative estimate of drug-likeness (QED) is 0.895. The largest absolute Gasteiger partial charge is 0.322 e. The van der Waals surface area contributed by atoms with Gasteiger partial charge in [-0.25, -0.2) is 4.39 Å². The maximum atomic E-state index is 13.7. The third-order valence-electron chi connectivity index (χ3n) is 2.58. The molecule has 1 aromatic heterocycles. The van der Waals surface area contributed by atoms with Crippen molar-refractivity contribution in [2.24, 2.45) is 5.73 Å². The van der Waals surface area contributed by atoms with Gasteiger partial charge in [0, 0.05) is 4.88 Å². The lowest BCUT2D eigenvalue weighted by Gasteiger charge is -2.12. The van der Waals surface area contributed by atoms with E-state index in [1.54, 1.807) is 25.1 Å². The number of nitrogens with one attached hydrogen (secondary N) is 1. The van der Waals surface area contributed by atoms with E-state index in [4.69, 9.17) is 5.73 Å². The fourth-order valence-electron chi connectivity index (χ4n) is 1.55. The first-order valence-corrected chi connectivity index (χ1v) is 6.32. The van der Waals surface area contributed by atoms with Gasteiger partial charge in [-0.1, -0.05) is 18.2 Å². The van der Waals surface area contributed by atoms with Gasteiger partial charge in [-0.2, -0.15) is 0 Å². The first kappa shape index (κ1) is 12.7. The summed E-state index contributed by atoms with van der Waals surface area (Å²) in [5.41, 5.74) is 6.44. The Labute approximate surface area is 108 Å². The van der Waals surface area contributed by atoms with E-state index >= 15 is 0 Å². The highest BCUT2D eigenvalue weighted by Crippen LogP contribution is 2.21. The summed E-state index contributed by atoms with van der Waals surface area (Å²) in [6.45, 7) is 1.64. The van der Waals surface area contributed by atoms with Crippen molar-refractivity contribution in [1.82, 2.24) is 0 Å². The molecule has 3 nitrogen and oxygen atoms in total. The van der Waals surface area contributed by atoms with Crippen molar-refractivity contribution in [3.05, 3.63) is 52.0 Å². The molecule has 1 unspecified atom stereocenters. The Morgan fingerprint density at radius 3 is 2.83 bits per heavy atom. The molecule has 0 bridgehead atoms. The Bertz CT molecular complexity index is 554. The second-order valence-corrected chi connectivity index (χ2v) is 4.90. The highest BCUT2D eigenvalue weighted by molar-refractivity contribution is 7.10. The molecule has 94 valence electrons. The van der Waals surface area contributed by atoms with Crippen molar-refractivity contribution in [3.63, 3.8) is 0 Å². The Morgan fingerprint density at radius 2 is 2.17 bits per heavy atom. The van der Waals surface area contributed by atoms with Crippen LogP contribution < -0.4 is 11.1 Å². The van der Waals surface area contributed by atoms with Crippen molar-refractivity contribution >= 4 is 22.9 Å². The zero-order chi connectivity index (χ0) is 13.1. The highest BCUT2D eigenvalue weighted by Gasteiger charge is 2.18. The summed E-state index contributed by atoms with van der Waals surface area (Å²) in [6, 6.07) is 7.67. The molecule has 1 amide bonds. The van der Waals surface area contributed by atoms with Crippen LogP contribution in [0.5, 0.6) is 0 Å². The van der Waals surface area contributed by atoms with Crippen LogP contribution in [0.1, 0.15) is 16.5 Å². The monoisotopic (exact) mass is 264 g/mol. The Hall–Kier alpha value is -1.72. The summed E-state index contributed by atoms with van der Waals surface area (Å²) in [5.74, 6) is -0.842. The van der Waals surface area contributed by atoms with Gasteiger partial charge in [0.05, 0.1) is 5.69 Å². The Balaban J connectivity index is 2.14. The van der Waals surface area contributed by atoms with Gasteiger partial charge in [0.25, 0.3) is 0 Å². The summed E-state index contributed by atoms with van der Waals surface area (Å²) in [7, 11) is 0. The summed E-state index contributed by atoms with van der Waals surface area (Å²) in [6.07, 6.45) is 0. The van der Waals surface area contributed by atoms with Crippen molar-refractivity contribution in [3.8, 4) is 0 Å². The SMILES string of the molecule is Cc1cccc(NC(=O)C(N)c2cccs2)c1F. The van der Waals surface area contributed by atoms with Crippen LogP contribution in [0.25, 0.3) is 0 Å². The third kappa shape index (κ3) is 2.57. The maximum absolute atomic E-state index is 13.7. The summed E-state index contributed by atoms with van der Waals surface area (Å²) in [4.78, 5) is 12.6. The predicted octanol–water partition coefficient (Wildman–Crippen LogP) is 2.83. The van der Waals surface area contributed by atoms with Crippen LogP contribution in [-0.2, 0) is 4.79 Å². The standard InChI is InChI=1S/C13H13FN2OS/c1-8-4-2-5-9(11(8)14)16-13(17)12(15)10-6-3-7-18-10/h2-7,12H,15H2,1H3,(H,16,17). The van der Waals surface area contributed by atoms with Gasteiger partial charge in [-0.05, 0) is 30.0 Å². The molecule has 0 spiro atoms. The van der Waals surface area contributed by atoms with Gasteiger partial charge in [-0.3, -0.25) is 4.79 Å². The molecule has 3 N–H and O–H groups in total. The molecule has 0 saturated carbocycles. The number of carbonyl (C=O) groups excluding carboxylic acids is 1. The number of halogens is 1. The van der Waals surface area contributed by atoms with Crippen molar-refractivity contribution in [2.75, 3.05) is 5.32 Å². The zero-order valence-corrected chi connectivity index (χ0v) is 10.6. The predicted molar refractivity (Wildman–Crippen MR) is 71.0 cm³/mol. The van der Waals surface area contributed by atoms with Crippen LogP contribution >= 0.6 is 11.3 Å². The number of benzene rings is 1. The highest BCUT2D eigenvalue weighted by atomic mass is 32.1. The molecule has 1 heterocycles. The molecule has 2 aromatic rings. The molecule has 0 aliphatic rings. The van der Waals surface area contributed by atoms with E-state index < -0.39 is 17.8 Å². The average molecular weight is 264 g/mol. The maximum Gasteiger partial charge on any atom is 0.246 e. The topological polar surface area (TPSA) is 55.1 Å². The summed E-state index contributed by atoms with van der Waals surface area (Å²) >= 11 is 1.40. The molecule has 5 heteroatoms. The average Bonchev–Trinajstić information content (AvgIpc) is 2.87. The van der Waals surface area contributed by atoms with E-state index in [-0.39, 0.29) is 5.69 Å². The minimum absolute atomic E-state index is 0.159. The summed E-state index contributed by atoms with van der Waals surface area (Å²) < 4.78 is 13.7. The molecule has 1 atom stereocenters. The number of amides is 1. The second kappa shape index (κ2) is 5.29. The molecular weight excluding hydrogens is 251 g/mol. The molecule has 0 fully saturated rings. The minimum Gasteiger partial charge on any atom is -0.322 e. The van der Waals surface area contributed by atoms with Crippen molar-refractivity contribution in [1.29, 1.82) is 0 Å². The molecule has 18 heavy (non-hydrogen) atoms. The zero-order valence-electron chi connectivity index (χ0n) is 9.81. The van der Waals surface area contributed by atoms with Crippen molar-refractivity contribution in [2.45, 2.75) is 13.0 Å². The number of hydrogen-bond donors (Lipinski definition) is 2. The molecule has 2 rings (SSSR count). The number of thiophene rings is 1. The number of nitrogens with two attached hydrogens (primary N) is 1. The minimum atomic E-state index is -0.773. The van der Waals surface area contributed by atoms with Gasteiger partial charge in [0.15, 0.2) is 0 Å². The number of carbonyl (C=O) groups is 1. The molecule has 0 saturated heterocycles. The van der Waals surface area contributed by atoms with E-state index in [0.29, 0.717) is 5.56 Å². The van der Waals surface area contributed by atoms with Gasteiger partial charge in [-0.15, -0.1) is 11.3 Å². The van der Waals surface area contributed by atoms with Gasteiger partial charge in [0.1, 0.15) is 11.9 Å². The Kier molecular flexibility index (Phi) is 3.74. The molecule has 0 radical (unpaired) electrons. The van der Waals surface area contributed by atoms with Crippen LogP contribution in [0.15, 0.2) is 35.7 Å². The van der Waals surface area contributed by atoms with Crippen LogP contribution in [0.4, 0.5) is 10.1 Å². The molecule has 0 aliphatic carbocycles. The van der Waals surface area contributed by atoms with E-state index in [0.717, 1.165) is 4.88 Å². The fourth-order valence-corrected chi connectivity index (χ4v) is 2.28. The lowest BCUT2D eigenvalue weighted by atomic mass is 10.2. The third-order valence-corrected chi connectivity index (χ3v) is 3.54. The van der Waals surface area contributed by atoms with Gasteiger partial charge >= 0.3 is 0 Å². The molecule has 0 aliphatic heterocycles. The van der Waals surface area contributed by atoms with E-state index in [2.05, 4.69) is 5.32 Å². The lowest BCUT2D eigenvalue weighted by Crippen LogP contribution is -2.27. The number of anilines is 1. The smallest absolute Gasteiger partial charge is 0.246 e. The van der Waals surface area contributed by atoms with Crippen molar-refractivity contribution < 1.29 is 9.18 Å². The van der Waals surface area contributed by atoms with Crippen LogP contribution in [0.2, 0.25) is 0 Å². The normalized spacial score (nSPS) is 12.2. The Morgan fingerprint density at radius 1 is 1.39 bits per heavy atom. The number of rotatable bonds is 3. The van der Waals surface area contributed by atoms with Crippen LogP contribution in [0, 0.1) is 12.7 Å². The summed E-state index contributed by atoms with van der Waals surface area (Å²) in [5, 5.41) is 4.35. The van der Waals surface area contributed by atoms with Gasteiger partial charge < -0.3 is 11.1 Å². The number of hydrogen-bond acceptors (Lipinski definition) is 3.